The molecule has 1 atom stereocenters. The molecule has 1 aliphatic heterocycles. The van der Waals surface area contributed by atoms with Crippen molar-refractivity contribution in [3.8, 4) is 17.2 Å². The molecule has 25 heavy (non-hydrogen) atoms. The number of nitrogens with zero attached hydrogens (tertiary/aromatic N) is 2. The molecule has 1 heterocycles. The summed E-state index contributed by atoms with van der Waals surface area (Å²) in [5, 5.41) is 12.4. The van der Waals surface area contributed by atoms with E-state index in [0.717, 1.165) is 48.3 Å². The molecule has 0 spiro atoms. The highest BCUT2D eigenvalue weighted by Crippen LogP contribution is 2.25. The highest BCUT2D eigenvalue weighted by atomic mass is 16.2. The molecule has 1 saturated heterocycles. The fourth-order valence-electron chi connectivity index (χ4n) is 3.32. The number of nitriles is 1. The number of benzene rings is 2. The van der Waals surface area contributed by atoms with E-state index in [1.54, 1.807) is 0 Å². The highest BCUT2D eigenvalue weighted by molar-refractivity contribution is 5.95. The van der Waals surface area contributed by atoms with Crippen molar-refractivity contribution in [2.45, 2.75) is 26.3 Å². The Hall–Kier alpha value is -2.64. The second-order valence-corrected chi connectivity index (χ2v) is 6.53. The summed E-state index contributed by atoms with van der Waals surface area (Å²) < 4.78 is 0. The van der Waals surface area contributed by atoms with Gasteiger partial charge in [0.05, 0.1) is 11.6 Å². The van der Waals surface area contributed by atoms with Crippen molar-refractivity contribution in [1.82, 2.24) is 10.2 Å². The molecule has 0 aromatic heterocycles. The highest BCUT2D eigenvalue weighted by Gasteiger charge is 2.22. The third-order valence-electron chi connectivity index (χ3n) is 4.83. The Kier molecular flexibility index (Phi) is 5.16. The van der Waals surface area contributed by atoms with Gasteiger partial charge in [0.25, 0.3) is 5.91 Å². The lowest BCUT2D eigenvalue weighted by Gasteiger charge is -2.33. The molecule has 4 heteroatoms. The molecule has 0 aliphatic carbocycles. The van der Waals surface area contributed by atoms with E-state index in [1.165, 1.54) is 0 Å². The van der Waals surface area contributed by atoms with Crippen LogP contribution in [-0.4, -0.2) is 36.5 Å². The fourth-order valence-corrected chi connectivity index (χ4v) is 3.32. The van der Waals surface area contributed by atoms with Gasteiger partial charge in [-0.3, -0.25) is 4.79 Å². The number of nitrogens with one attached hydrogen (secondary N) is 1. The van der Waals surface area contributed by atoms with Crippen LogP contribution in [-0.2, 0) is 0 Å². The van der Waals surface area contributed by atoms with Crippen LogP contribution < -0.4 is 5.32 Å². The Morgan fingerprint density at radius 3 is 2.68 bits per heavy atom. The van der Waals surface area contributed by atoms with E-state index in [0.29, 0.717) is 11.6 Å². The zero-order valence-corrected chi connectivity index (χ0v) is 14.7. The zero-order chi connectivity index (χ0) is 17.8. The molecule has 0 radical (unpaired) electrons. The molecule has 1 amide bonds. The van der Waals surface area contributed by atoms with Crippen molar-refractivity contribution in [2.24, 2.45) is 0 Å². The maximum Gasteiger partial charge on any atom is 0.253 e. The van der Waals surface area contributed by atoms with Gasteiger partial charge in [-0.05, 0) is 54.3 Å². The van der Waals surface area contributed by atoms with E-state index in [1.807, 2.05) is 54.3 Å². The number of amides is 1. The van der Waals surface area contributed by atoms with Gasteiger partial charge < -0.3 is 10.2 Å². The molecule has 1 N–H and O–H groups in total. The molecule has 2 aromatic rings. The van der Waals surface area contributed by atoms with Crippen LogP contribution in [0.2, 0.25) is 0 Å². The third kappa shape index (κ3) is 3.72. The molecule has 1 unspecified atom stereocenters. The van der Waals surface area contributed by atoms with E-state index in [-0.39, 0.29) is 5.91 Å². The summed E-state index contributed by atoms with van der Waals surface area (Å²) in [7, 11) is 0. The fraction of sp³-hybridized carbons (Fsp3) is 0.333. The lowest BCUT2D eigenvalue weighted by atomic mass is 9.97. The van der Waals surface area contributed by atoms with E-state index < -0.39 is 0 Å². The van der Waals surface area contributed by atoms with Gasteiger partial charge in [0.2, 0.25) is 0 Å². The Balaban J connectivity index is 1.78. The summed E-state index contributed by atoms with van der Waals surface area (Å²) in [5.74, 6) is 0.100. The monoisotopic (exact) mass is 333 g/mol. The standard InChI is InChI=1S/C21H23N3O/c1-3-19-14-24(11-10-23-19)21(25)18-7-5-17(6-8-18)20-9-4-16(13-22)12-15(20)2/h4-9,12,19,23H,3,10-11,14H2,1-2H3. The molecule has 1 fully saturated rings. The smallest absolute Gasteiger partial charge is 0.253 e. The van der Waals surface area contributed by atoms with Crippen molar-refractivity contribution >= 4 is 5.91 Å². The Morgan fingerprint density at radius 1 is 1.28 bits per heavy atom. The summed E-state index contributed by atoms with van der Waals surface area (Å²) >= 11 is 0. The largest absolute Gasteiger partial charge is 0.336 e. The number of rotatable bonds is 3. The van der Waals surface area contributed by atoms with Crippen molar-refractivity contribution in [3.63, 3.8) is 0 Å². The maximum atomic E-state index is 12.7. The van der Waals surface area contributed by atoms with Crippen LogP contribution in [0.15, 0.2) is 42.5 Å². The molecule has 0 bridgehead atoms. The molecule has 4 nitrogen and oxygen atoms in total. The Labute approximate surface area is 149 Å². The van der Waals surface area contributed by atoms with Crippen molar-refractivity contribution in [2.75, 3.05) is 19.6 Å². The first-order chi connectivity index (χ1) is 12.1. The summed E-state index contributed by atoms with van der Waals surface area (Å²) in [6.07, 6.45) is 1.03. The topological polar surface area (TPSA) is 56.1 Å². The summed E-state index contributed by atoms with van der Waals surface area (Å²) in [4.78, 5) is 14.7. The molecule has 2 aromatic carbocycles. The normalized spacial score (nSPS) is 17.2. The summed E-state index contributed by atoms with van der Waals surface area (Å²) in [6.45, 7) is 6.52. The van der Waals surface area contributed by atoms with Crippen LogP contribution in [0.25, 0.3) is 11.1 Å². The first-order valence-corrected chi connectivity index (χ1v) is 8.76. The number of piperazine rings is 1. The second kappa shape index (κ2) is 7.50. The van der Waals surface area contributed by atoms with Gasteiger partial charge in [0.15, 0.2) is 0 Å². The van der Waals surface area contributed by atoms with Crippen LogP contribution in [0, 0.1) is 18.3 Å². The van der Waals surface area contributed by atoms with Crippen molar-refractivity contribution in [3.05, 3.63) is 59.2 Å². The van der Waals surface area contributed by atoms with Gasteiger partial charge in [-0.15, -0.1) is 0 Å². The van der Waals surface area contributed by atoms with Crippen molar-refractivity contribution in [1.29, 1.82) is 5.26 Å². The van der Waals surface area contributed by atoms with Gasteiger partial charge >= 0.3 is 0 Å². The van der Waals surface area contributed by atoms with Gasteiger partial charge in [-0.2, -0.15) is 5.26 Å². The van der Waals surface area contributed by atoms with E-state index in [9.17, 15) is 4.79 Å². The van der Waals surface area contributed by atoms with Gasteiger partial charge in [-0.25, -0.2) is 0 Å². The number of carbonyl (C=O) groups excluding carboxylic acids is 1. The SMILES string of the molecule is CCC1CN(C(=O)c2ccc(-c3ccc(C#N)cc3C)cc2)CCN1. The Morgan fingerprint density at radius 2 is 2.04 bits per heavy atom. The van der Waals surface area contributed by atoms with E-state index >= 15 is 0 Å². The first-order valence-electron chi connectivity index (χ1n) is 8.76. The molecule has 1 aliphatic rings. The minimum atomic E-state index is 0.100. The molecular formula is C21H23N3O. The second-order valence-electron chi connectivity index (χ2n) is 6.53. The van der Waals surface area contributed by atoms with Gasteiger partial charge in [0, 0.05) is 31.2 Å². The molecular weight excluding hydrogens is 310 g/mol. The first kappa shape index (κ1) is 17.2. The minimum Gasteiger partial charge on any atom is -0.336 e. The zero-order valence-electron chi connectivity index (χ0n) is 14.7. The van der Waals surface area contributed by atoms with Crippen LogP contribution in [0.1, 0.15) is 34.8 Å². The van der Waals surface area contributed by atoms with Gasteiger partial charge in [-0.1, -0.05) is 25.1 Å². The number of aryl methyl sites for hydroxylation is 1. The average molecular weight is 333 g/mol. The maximum absolute atomic E-state index is 12.7. The number of hydrogen-bond donors (Lipinski definition) is 1. The minimum absolute atomic E-state index is 0.100. The van der Waals surface area contributed by atoms with E-state index in [4.69, 9.17) is 5.26 Å². The predicted octanol–water partition coefficient (Wildman–Crippen LogP) is 3.36. The predicted molar refractivity (Wildman–Crippen MR) is 99.3 cm³/mol. The van der Waals surface area contributed by atoms with Crippen LogP contribution in [0.3, 0.4) is 0 Å². The lowest BCUT2D eigenvalue weighted by Crippen LogP contribution is -2.52. The van der Waals surface area contributed by atoms with Crippen LogP contribution >= 0.6 is 0 Å². The molecule has 128 valence electrons. The Bertz CT molecular complexity index is 805. The van der Waals surface area contributed by atoms with Crippen molar-refractivity contribution < 1.29 is 4.79 Å². The summed E-state index contributed by atoms with van der Waals surface area (Å²) in [6, 6.07) is 16.0. The van der Waals surface area contributed by atoms with E-state index in [2.05, 4.69) is 18.3 Å². The lowest BCUT2D eigenvalue weighted by molar-refractivity contribution is 0.0701. The van der Waals surface area contributed by atoms with Crippen LogP contribution in [0.4, 0.5) is 0 Å². The molecule has 3 rings (SSSR count). The average Bonchev–Trinajstić information content (AvgIpc) is 2.67. The number of hydrogen-bond acceptors (Lipinski definition) is 3. The third-order valence-corrected chi connectivity index (χ3v) is 4.83. The molecule has 0 saturated carbocycles. The summed E-state index contributed by atoms with van der Waals surface area (Å²) in [5.41, 5.74) is 4.60. The quantitative estimate of drug-likeness (QED) is 0.937. The van der Waals surface area contributed by atoms with Gasteiger partial charge in [0.1, 0.15) is 0 Å². The number of carbonyl (C=O) groups is 1. The van der Waals surface area contributed by atoms with Crippen LogP contribution in [0.5, 0.6) is 0 Å².